The molecule has 2 aromatic carbocycles. The monoisotopic (exact) mass is 410 g/mol. The highest BCUT2D eigenvalue weighted by atomic mass is 32.2. The van der Waals surface area contributed by atoms with Gasteiger partial charge < -0.3 is 9.72 Å². The molecular weight excluding hydrogens is 392 g/mol. The van der Waals surface area contributed by atoms with Gasteiger partial charge in [0, 0.05) is 34.8 Å². The van der Waals surface area contributed by atoms with Gasteiger partial charge in [0.15, 0.2) is 10.9 Å². The molecule has 0 aliphatic carbocycles. The molecule has 2 heterocycles. The van der Waals surface area contributed by atoms with Crippen molar-refractivity contribution in [1.29, 1.82) is 0 Å². The second-order valence-corrected chi connectivity index (χ2v) is 8.60. The van der Waals surface area contributed by atoms with Crippen molar-refractivity contribution < 1.29 is 14.3 Å². The lowest BCUT2D eigenvalue weighted by atomic mass is 10.1. The average Bonchev–Trinajstić information content (AvgIpc) is 3.33. The van der Waals surface area contributed by atoms with Gasteiger partial charge in [-0.3, -0.25) is 9.59 Å². The highest BCUT2D eigenvalue weighted by molar-refractivity contribution is 8.01. The normalized spacial score (nSPS) is 11.1. The van der Waals surface area contributed by atoms with E-state index in [2.05, 4.69) is 16.0 Å². The third kappa shape index (κ3) is 4.26. The van der Waals surface area contributed by atoms with E-state index >= 15 is 0 Å². The van der Waals surface area contributed by atoms with Gasteiger partial charge in [-0.25, -0.2) is 4.98 Å². The van der Waals surface area contributed by atoms with E-state index in [1.165, 1.54) is 4.70 Å². The number of ketones is 1. The first-order chi connectivity index (χ1) is 13.7. The van der Waals surface area contributed by atoms with Crippen LogP contribution in [0.1, 0.15) is 23.2 Å². The Morgan fingerprint density at radius 2 is 1.93 bits per heavy atom. The Morgan fingerprint density at radius 3 is 2.82 bits per heavy atom. The third-order valence-corrected chi connectivity index (χ3v) is 6.54. The molecule has 0 saturated carbocycles. The van der Waals surface area contributed by atoms with Crippen LogP contribution in [-0.2, 0) is 9.53 Å². The molecule has 0 radical (unpaired) electrons. The molecule has 0 unspecified atom stereocenters. The molecule has 5 nitrogen and oxygen atoms in total. The highest BCUT2D eigenvalue weighted by Gasteiger charge is 2.14. The molecule has 4 aromatic rings. The number of H-pyrrole nitrogens is 1. The predicted octanol–water partition coefficient (Wildman–Crippen LogP) is 5.08. The summed E-state index contributed by atoms with van der Waals surface area (Å²) in [5.41, 5.74) is 2.45. The Balaban J connectivity index is 1.21. The van der Waals surface area contributed by atoms with Crippen LogP contribution in [0, 0.1) is 0 Å². The number of carbonyl (C=O) groups excluding carboxylic acids is 2. The zero-order chi connectivity index (χ0) is 19.3. The second kappa shape index (κ2) is 8.58. The number of aromatic nitrogens is 2. The molecule has 4 rings (SSSR count). The second-order valence-electron chi connectivity index (χ2n) is 6.23. The van der Waals surface area contributed by atoms with Gasteiger partial charge in [-0.05, 0) is 24.6 Å². The molecule has 0 amide bonds. The molecule has 0 fully saturated rings. The summed E-state index contributed by atoms with van der Waals surface area (Å²) in [5, 5.41) is 0.843. The quantitative estimate of drug-likeness (QED) is 0.190. The minimum absolute atomic E-state index is 0.199. The van der Waals surface area contributed by atoms with E-state index in [1.54, 1.807) is 29.3 Å². The molecule has 28 heavy (non-hydrogen) atoms. The van der Waals surface area contributed by atoms with Crippen molar-refractivity contribution in [3.05, 3.63) is 60.3 Å². The number of thiazole rings is 1. The summed E-state index contributed by atoms with van der Waals surface area (Å²) < 4.78 is 7.32. The minimum atomic E-state index is -0.349. The van der Waals surface area contributed by atoms with Crippen LogP contribution in [-0.4, -0.2) is 34.1 Å². The van der Waals surface area contributed by atoms with E-state index in [4.69, 9.17) is 4.74 Å². The van der Waals surface area contributed by atoms with Crippen molar-refractivity contribution >= 4 is 56.0 Å². The Hall–Kier alpha value is -2.64. The van der Waals surface area contributed by atoms with Gasteiger partial charge in [0.2, 0.25) is 5.78 Å². The van der Waals surface area contributed by atoms with E-state index in [0.29, 0.717) is 18.4 Å². The van der Waals surface area contributed by atoms with Crippen LogP contribution in [0.2, 0.25) is 0 Å². The molecule has 0 atom stereocenters. The van der Waals surface area contributed by atoms with E-state index in [0.717, 1.165) is 26.5 Å². The molecular formula is C21H18N2O3S2. The van der Waals surface area contributed by atoms with Gasteiger partial charge in [-0.2, -0.15) is 0 Å². The maximum Gasteiger partial charge on any atom is 0.306 e. The van der Waals surface area contributed by atoms with Gasteiger partial charge in [0.1, 0.15) is 0 Å². The number of para-hydroxylation sites is 2. The fourth-order valence-corrected chi connectivity index (χ4v) is 4.97. The lowest BCUT2D eigenvalue weighted by Gasteiger charge is -2.03. The number of nitrogens with zero attached hydrogens (tertiary/aromatic N) is 1. The first-order valence-electron chi connectivity index (χ1n) is 8.94. The number of carbonyl (C=O) groups is 2. The summed E-state index contributed by atoms with van der Waals surface area (Å²) in [5.74, 6) is 0.235. The van der Waals surface area contributed by atoms with Crippen LogP contribution in [0.15, 0.2) is 59.1 Å². The van der Waals surface area contributed by atoms with Crippen LogP contribution in [0.25, 0.3) is 21.1 Å². The Kier molecular flexibility index (Phi) is 5.73. The van der Waals surface area contributed by atoms with E-state index in [-0.39, 0.29) is 18.4 Å². The molecule has 0 aliphatic rings. The first kappa shape index (κ1) is 18.7. The molecule has 2 aromatic heterocycles. The summed E-state index contributed by atoms with van der Waals surface area (Å²) >= 11 is 3.30. The van der Waals surface area contributed by atoms with Gasteiger partial charge in [-0.15, -0.1) is 11.3 Å². The standard InChI is InChI=1S/C21H18N2O3S2/c24-18(15-12-22-16-7-2-1-6-14(15)16)13-26-20(25)10-5-11-27-21-23-17-8-3-4-9-19(17)28-21/h1-4,6-9,12,22H,5,10-11,13H2. The fraction of sp³-hybridized carbons (Fsp3) is 0.190. The van der Waals surface area contributed by atoms with E-state index in [9.17, 15) is 9.59 Å². The lowest BCUT2D eigenvalue weighted by molar-refractivity contribution is -0.142. The maximum atomic E-state index is 12.3. The Bertz CT molecular complexity index is 1100. The maximum absolute atomic E-state index is 12.3. The summed E-state index contributed by atoms with van der Waals surface area (Å²) in [7, 11) is 0. The van der Waals surface area contributed by atoms with Crippen LogP contribution in [0.4, 0.5) is 0 Å². The highest BCUT2D eigenvalue weighted by Crippen LogP contribution is 2.29. The first-order valence-corrected chi connectivity index (χ1v) is 10.7. The van der Waals surface area contributed by atoms with E-state index in [1.807, 2.05) is 42.5 Å². The van der Waals surface area contributed by atoms with Crippen molar-refractivity contribution in [3.8, 4) is 0 Å². The smallest absolute Gasteiger partial charge is 0.306 e. The van der Waals surface area contributed by atoms with Crippen LogP contribution >= 0.6 is 23.1 Å². The zero-order valence-corrected chi connectivity index (χ0v) is 16.6. The number of fused-ring (bicyclic) bond motifs is 2. The SMILES string of the molecule is O=C(CCCSc1nc2ccccc2s1)OCC(=O)c1c[nH]c2ccccc12. The number of benzene rings is 2. The third-order valence-electron chi connectivity index (χ3n) is 4.28. The lowest BCUT2D eigenvalue weighted by Crippen LogP contribution is -2.13. The number of aromatic amines is 1. The number of hydrogen-bond donors (Lipinski definition) is 1. The predicted molar refractivity (Wildman–Crippen MR) is 113 cm³/mol. The van der Waals surface area contributed by atoms with Gasteiger partial charge >= 0.3 is 5.97 Å². The van der Waals surface area contributed by atoms with E-state index < -0.39 is 0 Å². The number of esters is 1. The molecule has 0 saturated heterocycles. The number of Topliss-reactive ketones (excluding diaryl/α,β-unsaturated/α-hetero) is 1. The Labute approximate surface area is 170 Å². The van der Waals surface area contributed by atoms with Crippen molar-refractivity contribution in [1.82, 2.24) is 9.97 Å². The van der Waals surface area contributed by atoms with Crippen molar-refractivity contribution in [3.63, 3.8) is 0 Å². The molecule has 142 valence electrons. The largest absolute Gasteiger partial charge is 0.457 e. The van der Waals surface area contributed by atoms with Crippen LogP contribution in [0.5, 0.6) is 0 Å². The Morgan fingerprint density at radius 1 is 1.11 bits per heavy atom. The summed E-state index contributed by atoms with van der Waals surface area (Å²) in [6.07, 6.45) is 2.63. The van der Waals surface area contributed by atoms with Gasteiger partial charge in [0.05, 0.1) is 10.2 Å². The van der Waals surface area contributed by atoms with Crippen molar-refractivity contribution in [2.75, 3.05) is 12.4 Å². The minimum Gasteiger partial charge on any atom is -0.457 e. The fourth-order valence-electron chi connectivity index (χ4n) is 2.89. The summed E-state index contributed by atoms with van der Waals surface area (Å²) in [4.78, 5) is 31.9. The molecule has 0 bridgehead atoms. The molecule has 0 aliphatic heterocycles. The molecule has 0 spiro atoms. The molecule has 7 heteroatoms. The summed E-state index contributed by atoms with van der Waals surface area (Å²) in [6, 6.07) is 15.6. The average molecular weight is 411 g/mol. The number of hydrogen-bond acceptors (Lipinski definition) is 6. The van der Waals surface area contributed by atoms with Crippen LogP contribution in [0.3, 0.4) is 0 Å². The number of rotatable bonds is 8. The van der Waals surface area contributed by atoms with Crippen LogP contribution < -0.4 is 0 Å². The summed E-state index contributed by atoms with van der Waals surface area (Å²) in [6.45, 7) is -0.230. The topological polar surface area (TPSA) is 72.0 Å². The van der Waals surface area contributed by atoms with Crippen molar-refractivity contribution in [2.24, 2.45) is 0 Å². The zero-order valence-electron chi connectivity index (χ0n) is 15.0. The number of thioether (sulfide) groups is 1. The molecule has 1 N–H and O–H groups in total. The van der Waals surface area contributed by atoms with Gasteiger partial charge in [0.25, 0.3) is 0 Å². The van der Waals surface area contributed by atoms with Gasteiger partial charge in [-0.1, -0.05) is 42.1 Å². The number of nitrogens with one attached hydrogen (secondary N) is 1. The van der Waals surface area contributed by atoms with Crippen molar-refractivity contribution in [2.45, 2.75) is 17.2 Å². The number of ether oxygens (including phenoxy) is 1.